The van der Waals surface area contributed by atoms with E-state index in [1.165, 1.54) is 12.1 Å². The summed E-state index contributed by atoms with van der Waals surface area (Å²) in [5.41, 5.74) is 3.61. The summed E-state index contributed by atoms with van der Waals surface area (Å²) in [6.45, 7) is 3.81. The van der Waals surface area contributed by atoms with Crippen molar-refractivity contribution >= 4 is 34.2 Å². The maximum atomic E-state index is 13.2. The van der Waals surface area contributed by atoms with Crippen LogP contribution in [0.1, 0.15) is 27.8 Å². The van der Waals surface area contributed by atoms with Gasteiger partial charge in [-0.2, -0.15) is 0 Å². The van der Waals surface area contributed by atoms with E-state index in [4.69, 9.17) is 9.84 Å². The fraction of sp³-hybridized carbons (Fsp3) is 0.217. The molecule has 0 saturated carbocycles. The Morgan fingerprint density at radius 3 is 2.85 bits per heavy atom. The second kappa shape index (κ2) is 7.37. The Labute approximate surface area is 187 Å². The van der Waals surface area contributed by atoms with Crippen LogP contribution in [0.15, 0.2) is 48.6 Å². The zero-order valence-electron chi connectivity index (χ0n) is 17.7. The number of non-ortho nitro benzene ring substituents is 1. The van der Waals surface area contributed by atoms with E-state index in [9.17, 15) is 19.7 Å². The number of carbonyl (C=O) groups excluding carboxylic acids is 1. The van der Waals surface area contributed by atoms with Crippen LogP contribution in [-0.2, 0) is 11.2 Å². The van der Waals surface area contributed by atoms with Crippen molar-refractivity contribution in [2.75, 3.05) is 25.1 Å². The first-order valence-corrected chi connectivity index (χ1v) is 10.3. The van der Waals surface area contributed by atoms with Gasteiger partial charge in [0.05, 0.1) is 27.4 Å². The van der Waals surface area contributed by atoms with Crippen molar-refractivity contribution in [3.63, 3.8) is 0 Å². The fourth-order valence-corrected chi connectivity index (χ4v) is 4.59. The summed E-state index contributed by atoms with van der Waals surface area (Å²) in [6, 6.07) is 9.82. The smallest absolute Gasteiger partial charge is 0.334 e. The molecule has 33 heavy (non-hydrogen) atoms. The Morgan fingerprint density at radius 2 is 2.12 bits per heavy atom. The van der Waals surface area contributed by atoms with Gasteiger partial charge in [0.15, 0.2) is 0 Å². The molecule has 0 saturated heterocycles. The van der Waals surface area contributed by atoms with E-state index in [1.54, 1.807) is 17.0 Å². The first kappa shape index (κ1) is 20.6. The number of nitro groups is 1. The quantitative estimate of drug-likeness (QED) is 0.348. The van der Waals surface area contributed by atoms with E-state index in [0.29, 0.717) is 30.0 Å². The molecule has 1 amide bonds. The summed E-state index contributed by atoms with van der Waals surface area (Å²) in [4.78, 5) is 42.0. The predicted octanol–water partition coefficient (Wildman–Crippen LogP) is 3.24. The van der Waals surface area contributed by atoms with E-state index >= 15 is 0 Å². The highest BCUT2D eigenvalue weighted by Gasteiger charge is 2.42. The molecular formula is C23H20N4O6. The third kappa shape index (κ3) is 3.18. The normalized spacial score (nSPS) is 16.8. The molecule has 0 fully saturated rings. The number of aromatic amines is 1. The Balaban J connectivity index is 1.53. The van der Waals surface area contributed by atoms with Crippen LogP contribution < -0.4 is 9.64 Å². The van der Waals surface area contributed by atoms with Gasteiger partial charge < -0.3 is 24.6 Å². The van der Waals surface area contributed by atoms with Crippen LogP contribution >= 0.6 is 0 Å². The van der Waals surface area contributed by atoms with Crippen LogP contribution in [0.3, 0.4) is 0 Å². The number of carboxylic acids is 1. The highest BCUT2D eigenvalue weighted by Crippen LogP contribution is 2.44. The lowest BCUT2D eigenvalue weighted by Crippen LogP contribution is -2.51. The number of carboxylic acid groups (broad SMARTS) is 1. The SMILES string of the molecule is C=C(COc1ccc2[nH]c3c(c2c1)CCN1C(=O)c2cc([N+](=O)[O-])ccc2N(C)C31)C(=O)O. The molecule has 2 N–H and O–H groups in total. The first-order chi connectivity index (χ1) is 15.8. The van der Waals surface area contributed by atoms with Crippen molar-refractivity contribution in [1.82, 2.24) is 9.88 Å². The summed E-state index contributed by atoms with van der Waals surface area (Å²) < 4.78 is 5.60. The van der Waals surface area contributed by atoms with Gasteiger partial charge >= 0.3 is 5.97 Å². The van der Waals surface area contributed by atoms with Crippen LogP contribution in [0.4, 0.5) is 11.4 Å². The molecule has 0 aliphatic carbocycles. The third-order valence-electron chi connectivity index (χ3n) is 6.21. The number of aromatic nitrogens is 1. The molecule has 3 aromatic rings. The Kier molecular flexibility index (Phi) is 4.59. The number of nitrogens with one attached hydrogen (secondary N) is 1. The molecule has 2 aromatic carbocycles. The fourth-order valence-electron chi connectivity index (χ4n) is 4.59. The van der Waals surface area contributed by atoms with Crippen molar-refractivity contribution in [3.05, 3.63) is 75.5 Å². The highest BCUT2D eigenvalue weighted by atomic mass is 16.6. The van der Waals surface area contributed by atoms with E-state index in [2.05, 4.69) is 11.6 Å². The van der Waals surface area contributed by atoms with E-state index < -0.39 is 10.9 Å². The van der Waals surface area contributed by atoms with Crippen LogP contribution in [0.5, 0.6) is 5.75 Å². The molecule has 3 heterocycles. The molecule has 0 radical (unpaired) electrons. The largest absolute Gasteiger partial charge is 0.489 e. The standard InChI is InChI=1S/C23H20N4O6/c1-12(23(29)30)11-33-14-4-5-18-16(10-14)15-7-8-26-21(20(15)24-18)25(2)19-6-3-13(27(31)32)9-17(19)22(26)28/h3-6,9-10,21,24H,1,7-8,11H2,2H3,(H,29,30). The number of rotatable bonds is 5. The number of aliphatic carboxylic acids is 1. The van der Waals surface area contributed by atoms with Gasteiger partial charge in [-0.3, -0.25) is 14.9 Å². The number of hydrogen-bond donors (Lipinski definition) is 2. The van der Waals surface area contributed by atoms with Gasteiger partial charge in [0.25, 0.3) is 11.6 Å². The molecule has 0 spiro atoms. The monoisotopic (exact) mass is 448 g/mol. The lowest BCUT2D eigenvalue weighted by Gasteiger charge is -2.46. The second-order valence-corrected chi connectivity index (χ2v) is 8.11. The number of carbonyl (C=O) groups is 2. The van der Waals surface area contributed by atoms with Crippen molar-refractivity contribution < 1.29 is 24.4 Å². The average Bonchev–Trinajstić information content (AvgIpc) is 3.18. The summed E-state index contributed by atoms with van der Waals surface area (Å²) in [6.07, 6.45) is 0.222. The van der Waals surface area contributed by atoms with Crippen LogP contribution in [0, 0.1) is 10.1 Å². The van der Waals surface area contributed by atoms with E-state index in [-0.39, 0.29) is 29.9 Å². The molecule has 1 aromatic heterocycles. The molecule has 1 unspecified atom stereocenters. The topological polar surface area (TPSA) is 129 Å². The van der Waals surface area contributed by atoms with Crippen LogP contribution in [0.25, 0.3) is 10.9 Å². The van der Waals surface area contributed by atoms with Gasteiger partial charge in [0.2, 0.25) is 0 Å². The summed E-state index contributed by atoms with van der Waals surface area (Å²) in [5, 5.41) is 21.1. The Morgan fingerprint density at radius 1 is 1.33 bits per heavy atom. The molecule has 168 valence electrons. The zero-order chi connectivity index (χ0) is 23.4. The van der Waals surface area contributed by atoms with Crippen molar-refractivity contribution in [2.24, 2.45) is 0 Å². The number of amides is 1. The number of H-pyrrole nitrogens is 1. The molecule has 2 aliphatic heterocycles. The highest BCUT2D eigenvalue weighted by molar-refractivity contribution is 6.03. The van der Waals surface area contributed by atoms with Crippen LogP contribution in [-0.4, -0.2) is 52.0 Å². The van der Waals surface area contributed by atoms with Gasteiger partial charge in [-0.1, -0.05) is 6.58 Å². The minimum absolute atomic E-state index is 0.0388. The maximum absolute atomic E-state index is 13.2. The third-order valence-corrected chi connectivity index (χ3v) is 6.21. The Hall–Kier alpha value is -4.34. The second-order valence-electron chi connectivity index (χ2n) is 8.11. The number of nitrogens with zero attached hydrogens (tertiary/aromatic N) is 3. The lowest BCUT2D eigenvalue weighted by molar-refractivity contribution is -0.384. The summed E-state index contributed by atoms with van der Waals surface area (Å²) in [7, 11) is 1.86. The van der Waals surface area contributed by atoms with Gasteiger partial charge in [0, 0.05) is 36.6 Å². The van der Waals surface area contributed by atoms with Crippen LogP contribution in [0.2, 0.25) is 0 Å². The molecule has 1 atom stereocenters. The molecule has 10 heteroatoms. The average molecular weight is 448 g/mol. The zero-order valence-corrected chi connectivity index (χ0v) is 17.7. The first-order valence-electron chi connectivity index (χ1n) is 10.3. The molecule has 10 nitrogen and oxygen atoms in total. The lowest BCUT2D eigenvalue weighted by atomic mass is 9.96. The summed E-state index contributed by atoms with van der Waals surface area (Å²) >= 11 is 0. The minimum atomic E-state index is -1.11. The molecule has 2 aliphatic rings. The number of fused-ring (bicyclic) bond motifs is 6. The minimum Gasteiger partial charge on any atom is -0.489 e. The molecule has 5 rings (SSSR count). The number of benzene rings is 2. The molecular weight excluding hydrogens is 428 g/mol. The van der Waals surface area contributed by atoms with Gasteiger partial charge in [-0.25, -0.2) is 4.79 Å². The number of hydrogen-bond acceptors (Lipinski definition) is 6. The number of ether oxygens (including phenoxy) is 1. The van der Waals surface area contributed by atoms with Gasteiger partial charge in [-0.15, -0.1) is 0 Å². The number of anilines is 1. The van der Waals surface area contributed by atoms with Crippen molar-refractivity contribution in [1.29, 1.82) is 0 Å². The van der Waals surface area contributed by atoms with E-state index in [1.807, 2.05) is 24.1 Å². The van der Waals surface area contributed by atoms with Crippen molar-refractivity contribution in [2.45, 2.75) is 12.6 Å². The molecule has 0 bridgehead atoms. The van der Waals surface area contributed by atoms with Gasteiger partial charge in [0.1, 0.15) is 18.5 Å². The Bertz CT molecular complexity index is 1360. The van der Waals surface area contributed by atoms with E-state index in [0.717, 1.165) is 22.2 Å². The van der Waals surface area contributed by atoms with Gasteiger partial charge in [-0.05, 0) is 36.2 Å². The van der Waals surface area contributed by atoms with Crippen molar-refractivity contribution in [3.8, 4) is 5.75 Å². The predicted molar refractivity (Wildman–Crippen MR) is 120 cm³/mol. The maximum Gasteiger partial charge on any atom is 0.334 e. The summed E-state index contributed by atoms with van der Waals surface area (Å²) in [5.74, 6) is -0.817. The number of nitro benzene ring substituents is 1.